The monoisotopic (exact) mass is 326 g/mol. The first kappa shape index (κ1) is 17.4. The van der Waals surface area contributed by atoms with Crippen LogP contribution in [0.5, 0.6) is 0 Å². The fourth-order valence-corrected chi connectivity index (χ4v) is 2.33. The molecule has 2 aromatic rings. The van der Waals surface area contributed by atoms with Crippen molar-refractivity contribution in [1.29, 1.82) is 0 Å². The number of hydrogen-bond acceptors (Lipinski definition) is 2. The summed E-state index contributed by atoms with van der Waals surface area (Å²) >= 11 is 6.13. The van der Waals surface area contributed by atoms with E-state index in [9.17, 15) is 0 Å². The third kappa shape index (κ3) is 5.65. The highest BCUT2D eigenvalue weighted by Gasteiger charge is 2.15. The van der Waals surface area contributed by atoms with Gasteiger partial charge in [-0.05, 0) is 24.1 Å². The van der Waals surface area contributed by atoms with Crippen molar-refractivity contribution in [2.45, 2.75) is 20.8 Å². The molecule has 0 saturated carbocycles. The zero-order valence-corrected chi connectivity index (χ0v) is 14.7. The van der Waals surface area contributed by atoms with Crippen LogP contribution in [-0.4, -0.2) is 25.5 Å². The van der Waals surface area contributed by atoms with E-state index < -0.39 is 0 Å². The van der Waals surface area contributed by atoms with E-state index >= 15 is 0 Å². The standard InChI is InChI=1S/C20H23ClN2/c1-16-8-4-5-9-17(16)12-22-14-20(2,3)15-23-13-18-10-6-7-11-19(18)21/h4-13H,14-15H2,1-3H3. The Morgan fingerprint density at radius 1 is 0.870 bits per heavy atom. The predicted octanol–water partition coefficient (Wildman–Crippen LogP) is 5.21. The number of aryl methyl sites for hydroxylation is 1. The van der Waals surface area contributed by atoms with Gasteiger partial charge >= 0.3 is 0 Å². The van der Waals surface area contributed by atoms with Gasteiger partial charge in [0.2, 0.25) is 0 Å². The molecule has 0 radical (unpaired) electrons. The third-order valence-electron chi connectivity index (χ3n) is 3.59. The van der Waals surface area contributed by atoms with Gasteiger partial charge in [-0.1, -0.05) is 67.9 Å². The Morgan fingerprint density at radius 3 is 2.00 bits per heavy atom. The molecular weight excluding hydrogens is 304 g/mol. The lowest BCUT2D eigenvalue weighted by Crippen LogP contribution is -2.19. The lowest BCUT2D eigenvalue weighted by molar-refractivity contribution is 0.396. The van der Waals surface area contributed by atoms with Crippen molar-refractivity contribution in [3.8, 4) is 0 Å². The Hall–Kier alpha value is -1.93. The van der Waals surface area contributed by atoms with E-state index in [1.807, 2.05) is 48.8 Å². The molecule has 0 unspecified atom stereocenters. The lowest BCUT2D eigenvalue weighted by atomic mass is 9.94. The summed E-state index contributed by atoms with van der Waals surface area (Å²) < 4.78 is 0. The first-order chi connectivity index (χ1) is 11.0. The van der Waals surface area contributed by atoms with E-state index in [4.69, 9.17) is 11.6 Å². The molecule has 2 rings (SSSR count). The molecule has 0 heterocycles. The van der Waals surface area contributed by atoms with Gasteiger partial charge in [-0.2, -0.15) is 0 Å². The predicted molar refractivity (Wildman–Crippen MR) is 101 cm³/mol. The highest BCUT2D eigenvalue weighted by atomic mass is 35.5. The van der Waals surface area contributed by atoms with Crippen molar-refractivity contribution in [2.75, 3.05) is 13.1 Å². The van der Waals surface area contributed by atoms with Gasteiger partial charge in [-0.3, -0.25) is 9.98 Å². The zero-order valence-electron chi connectivity index (χ0n) is 14.0. The fraction of sp³-hybridized carbons (Fsp3) is 0.300. The number of aliphatic imine (C=N–C) groups is 2. The zero-order chi connectivity index (χ0) is 16.7. The van der Waals surface area contributed by atoms with Crippen LogP contribution in [0.15, 0.2) is 58.5 Å². The molecule has 0 saturated heterocycles. The van der Waals surface area contributed by atoms with Crippen molar-refractivity contribution < 1.29 is 0 Å². The number of rotatable bonds is 6. The second-order valence-electron chi connectivity index (χ2n) is 6.48. The molecule has 3 heteroatoms. The molecule has 0 fully saturated rings. The Bertz CT molecular complexity index is 643. The van der Waals surface area contributed by atoms with Crippen LogP contribution in [0.3, 0.4) is 0 Å². The van der Waals surface area contributed by atoms with Crippen molar-refractivity contribution in [2.24, 2.45) is 15.4 Å². The molecule has 0 N–H and O–H groups in total. The van der Waals surface area contributed by atoms with Crippen molar-refractivity contribution >= 4 is 24.0 Å². The summed E-state index contributed by atoms with van der Waals surface area (Å²) in [4.78, 5) is 9.13. The molecule has 2 aromatic carbocycles. The maximum Gasteiger partial charge on any atom is 0.0493 e. The van der Waals surface area contributed by atoms with Gasteiger partial charge in [-0.25, -0.2) is 0 Å². The third-order valence-corrected chi connectivity index (χ3v) is 3.94. The maximum atomic E-state index is 6.13. The van der Waals surface area contributed by atoms with Crippen LogP contribution in [0.1, 0.15) is 30.5 Å². The summed E-state index contributed by atoms with van der Waals surface area (Å²) in [5.41, 5.74) is 3.37. The molecule has 0 aliphatic heterocycles. The Kier molecular flexibility index (Phi) is 6.12. The van der Waals surface area contributed by atoms with E-state index in [1.54, 1.807) is 0 Å². The van der Waals surface area contributed by atoms with Gasteiger partial charge in [-0.15, -0.1) is 0 Å². The van der Waals surface area contributed by atoms with Crippen LogP contribution in [0.25, 0.3) is 0 Å². The molecule has 0 aromatic heterocycles. The van der Waals surface area contributed by atoms with Crippen LogP contribution >= 0.6 is 11.6 Å². The number of benzene rings is 2. The van der Waals surface area contributed by atoms with Gasteiger partial charge < -0.3 is 0 Å². The van der Waals surface area contributed by atoms with Crippen molar-refractivity contribution in [3.63, 3.8) is 0 Å². The molecule has 23 heavy (non-hydrogen) atoms. The van der Waals surface area contributed by atoms with Crippen LogP contribution in [-0.2, 0) is 0 Å². The molecule has 120 valence electrons. The topological polar surface area (TPSA) is 24.7 Å². The summed E-state index contributed by atoms with van der Waals surface area (Å²) in [5, 5.41) is 0.728. The number of halogens is 1. The summed E-state index contributed by atoms with van der Waals surface area (Å²) in [6.45, 7) is 7.89. The summed E-state index contributed by atoms with van der Waals surface area (Å²) in [7, 11) is 0. The van der Waals surface area contributed by atoms with Crippen LogP contribution in [0.2, 0.25) is 5.02 Å². The highest BCUT2D eigenvalue weighted by Crippen LogP contribution is 2.17. The summed E-state index contributed by atoms with van der Waals surface area (Å²) in [6, 6.07) is 16.0. The molecule has 2 nitrogen and oxygen atoms in total. The lowest BCUT2D eigenvalue weighted by Gasteiger charge is -2.19. The molecule has 0 aliphatic rings. The minimum Gasteiger partial charge on any atom is -0.292 e. The number of nitrogens with zero attached hydrogens (tertiary/aromatic N) is 2. The first-order valence-electron chi connectivity index (χ1n) is 7.78. The number of hydrogen-bond donors (Lipinski definition) is 0. The molecule has 0 atom stereocenters. The molecule has 0 bridgehead atoms. The SMILES string of the molecule is Cc1ccccc1C=NCC(C)(C)CN=Cc1ccccc1Cl. The molecule has 0 aliphatic carbocycles. The molecule has 0 amide bonds. The van der Waals surface area contributed by atoms with E-state index in [-0.39, 0.29) is 5.41 Å². The van der Waals surface area contributed by atoms with Gasteiger partial charge in [0.25, 0.3) is 0 Å². The van der Waals surface area contributed by atoms with E-state index in [1.165, 1.54) is 11.1 Å². The Labute approximate surface area is 144 Å². The van der Waals surface area contributed by atoms with Crippen molar-refractivity contribution in [1.82, 2.24) is 0 Å². The normalized spacial score (nSPS) is 12.3. The van der Waals surface area contributed by atoms with E-state index in [2.05, 4.69) is 42.9 Å². The maximum absolute atomic E-state index is 6.13. The van der Waals surface area contributed by atoms with Gasteiger partial charge in [0.05, 0.1) is 0 Å². The first-order valence-corrected chi connectivity index (χ1v) is 8.15. The minimum absolute atomic E-state index is 0.0109. The summed E-state index contributed by atoms with van der Waals surface area (Å²) in [6.07, 6.45) is 3.80. The van der Waals surface area contributed by atoms with Gasteiger partial charge in [0.15, 0.2) is 0 Å². The van der Waals surface area contributed by atoms with Crippen LogP contribution in [0, 0.1) is 12.3 Å². The minimum atomic E-state index is 0.0109. The molecular formula is C20H23ClN2. The second kappa shape index (κ2) is 8.07. The molecule has 0 spiro atoms. The van der Waals surface area contributed by atoms with Crippen LogP contribution in [0.4, 0.5) is 0 Å². The average Bonchev–Trinajstić information content (AvgIpc) is 2.51. The summed E-state index contributed by atoms with van der Waals surface area (Å²) in [5.74, 6) is 0. The van der Waals surface area contributed by atoms with Gasteiger partial charge in [0.1, 0.15) is 0 Å². The van der Waals surface area contributed by atoms with E-state index in [0.29, 0.717) is 6.54 Å². The average molecular weight is 327 g/mol. The fourth-order valence-electron chi connectivity index (χ4n) is 2.14. The Balaban J connectivity index is 1.92. The second-order valence-corrected chi connectivity index (χ2v) is 6.89. The van der Waals surface area contributed by atoms with Crippen molar-refractivity contribution in [3.05, 3.63) is 70.2 Å². The largest absolute Gasteiger partial charge is 0.292 e. The Morgan fingerprint density at radius 2 is 1.39 bits per heavy atom. The van der Waals surface area contributed by atoms with E-state index in [0.717, 1.165) is 17.1 Å². The van der Waals surface area contributed by atoms with Crippen LogP contribution < -0.4 is 0 Å². The van der Waals surface area contributed by atoms with Gasteiger partial charge in [0, 0.05) is 41.5 Å². The smallest absolute Gasteiger partial charge is 0.0493 e. The highest BCUT2D eigenvalue weighted by molar-refractivity contribution is 6.33. The quantitative estimate of drug-likeness (QED) is 0.651.